The Hall–Kier alpha value is -2.04. The number of methoxy groups -OCH3 is 1. The number of ketones is 1. The largest absolute Gasteiger partial charge is 0.496 e. The maximum absolute atomic E-state index is 12.2. The van der Waals surface area contributed by atoms with Gasteiger partial charge in [-0.3, -0.25) is 9.59 Å². The minimum atomic E-state index is -0.983. The van der Waals surface area contributed by atoms with Crippen LogP contribution in [0.4, 0.5) is 0 Å². The Balaban J connectivity index is 2.29. The fourth-order valence-electron chi connectivity index (χ4n) is 2.30. The van der Waals surface area contributed by atoms with Gasteiger partial charge in [0.25, 0.3) is 0 Å². The number of carbonyl (C=O) groups is 2. The van der Waals surface area contributed by atoms with E-state index < -0.39 is 11.9 Å². The number of carboxylic acids is 1. The van der Waals surface area contributed by atoms with Crippen molar-refractivity contribution >= 4 is 11.8 Å². The van der Waals surface area contributed by atoms with Crippen molar-refractivity contribution in [3.8, 4) is 11.5 Å². The third kappa shape index (κ3) is 2.76. The molecule has 1 aliphatic rings. The van der Waals surface area contributed by atoms with Crippen LogP contribution in [-0.4, -0.2) is 30.1 Å². The highest BCUT2D eigenvalue weighted by Gasteiger charge is 2.25. The van der Waals surface area contributed by atoms with E-state index >= 15 is 0 Å². The number of benzene rings is 1. The van der Waals surface area contributed by atoms with Gasteiger partial charge < -0.3 is 14.6 Å². The monoisotopic (exact) mass is 278 g/mol. The molecule has 0 saturated carbocycles. The molecule has 2 unspecified atom stereocenters. The lowest BCUT2D eigenvalue weighted by atomic mass is 9.97. The van der Waals surface area contributed by atoms with Crippen molar-refractivity contribution in [3.05, 3.63) is 23.3 Å². The molecule has 0 saturated heterocycles. The van der Waals surface area contributed by atoms with Crippen molar-refractivity contribution < 1.29 is 24.2 Å². The first-order valence-electron chi connectivity index (χ1n) is 6.56. The maximum atomic E-state index is 12.2. The minimum Gasteiger partial charge on any atom is -0.496 e. The Labute approximate surface area is 117 Å². The lowest BCUT2D eigenvalue weighted by Crippen LogP contribution is -2.15. The zero-order chi connectivity index (χ0) is 14.9. The SMILES string of the molecule is COc1cc2c(cc1C(=O)CC(C)C(=O)O)OC(C)C2. The molecule has 1 N–H and O–H groups in total. The molecule has 0 bridgehead atoms. The van der Waals surface area contributed by atoms with Crippen molar-refractivity contribution in [1.82, 2.24) is 0 Å². The van der Waals surface area contributed by atoms with Crippen LogP contribution in [-0.2, 0) is 11.2 Å². The number of rotatable bonds is 5. The number of carboxylic acid groups (broad SMARTS) is 1. The van der Waals surface area contributed by atoms with Crippen LogP contribution in [0.15, 0.2) is 12.1 Å². The van der Waals surface area contributed by atoms with E-state index in [-0.39, 0.29) is 18.3 Å². The van der Waals surface area contributed by atoms with Gasteiger partial charge in [0.15, 0.2) is 5.78 Å². The van der Waals surface area contributed by atoms with Crippen molar-refractivity contribution in [2.24, 2.45) is 5.92 Å². The van der Waals surface area contributed by atoms with Crippen LogP contribution >= 0.6 is 0 Å². The normalized spacial score (nSPS) is 18.1. The van der Waals surface area contributed by atoms with Crippen LogP contribution in [0.5, 0.6) is 11.5 Å². The van der Waals surface area contributed by atoms with E-state index in [9.17, 15) is 9.59 Å². The van der Waals surface area contributed by atoms with E-state index in [1.165, 1.54) is 14.0 Å². The average Bonchev–Trinajstić information content (AvgIpc) is 2.75. The number of aliphatic carboxylic acids is 1. The van der Waals surface area contributed by atoms with E-state index in [2.05, 4.69) is 0 Å². The molecule has 0 aromatic heterocycles. The van der Waals surface area contributed by atoms with E-state index in [0.29, 0.717) is 17.1 Å². The second-order valence-corrected chi connectivity index (χ2v) is 5.16. The molecule has 1 aliphatic heterocycles. The van der Waals surface area contributed by atoms with Gasteiger partial charge in [0.2, 0.25) is 0 Å². The second-order valence-electron chi connectivity index (χ2n) is 5.16. The van der Waals surface area contributed by atoms with Crippen LogP contribution in [0.3, 0.4) is 0 Å². The number of hydrogen-bond donors (Lipinski definition) is 1. The van der Waals surface area contributed by atoms with Gasteiger partial charge in [0.1, 0.15) is 17.6 Å². The predicted octanol–water partition coefficient (Wildman–Crippen LogP) is 2.31. The highest BCUT2D eigenvalue weighted by atomic mass is 16.5. The summed E-state index contributed by atoms with van der Waals surface area (Å²) in [5.74, 6) is -0.792. The lowest BCUT2D eigenvalue weighted by Gasteiger charge is -2.11. The van der Waals surface area contributed by atoms with Gasteiger partial charge in [0.05, 0.1) is 18.6 Å². The first kappa shape index (κ1) is 14.4. The summed E-state index contributed by atoms with van der Waals surface area (Å²) >= 11 is 0. The van der Waals surface area contributed by atoms with Crippen LogP contribution in [0.25, 0.3) is 0 Å². The Morgan fingerprint density at radius 1 is 1.50 bits per heavy atom. The first-order valence-corrected chi connectivity index (χ1v) is 6.56. The zero-order valence-corrected chi connectivity index (χ0v) is 11.8. The van der Waals surface area contributed by atoms with E-state index in [1.807, 2.05) is 6.92 Å². The predicted molar refractivity (Wildman–Crippen MR) is 72.5 cm³/mol. The number of fused-ring (bicyclic) bond motifs is 1. The highest BCUT2D eigenvalue weighted by Crippen LogP contribution is 2.35. The molecule has 0 aliphatic carbocycles. The Morgan fingerprint density at radius 2 is 2.20 bits per heavy atom. The molecule has 1 aromatic rings. The highest BCUT2D eigenvalue weighted by molar-refractivity contribution is 6.00. The average molecular weight is 278 g/mol. The van der Waals surface area contributed by atoms with Crippen LogP contribution in [0.2, 0.25) is 0 Å². The van der Waals surface area contributed by atoms with E-state index in [4.69, 9.17) is 14.6 Å². The van der Waals surface area contributed by atoms with Crippen molar-refractivity contribution in [2.75, 3.05) is 7.11 Å². The van der Waals surface area contributed by atoms with Crippen LogP contribution in [0, 0.1) is 5.92 Å². The second kappa shape index (κ2) is 5.53. The molecule has 0 spiro atoms. The molecule has 5 heteroatoms. The third-order valence-corrected chi connectivity index (χ3v) is 3.43. The summed E-state index contributed by atoms with van der Waals surface area (Å²) in [5.41, 5.74) is 1.39. The molecule has 20 heavy (non-hydrogen) atoms. The van der Waals surface area contributed by atoms with Gasteiger partial charge in [-0.1, -0.05) is 6.92 Å². The van der Waals surface area contributed by atoms with Gasteiger partial charge in [-0.05, 0) is 19.1 Å². The van der Waals surface area contributed by atoms with Crippen LogP contribution in [0.1, 0.15) is 36.2 Å². The summed E-state index contributed by atoms with van der Waals surface area (Å²) in [4.78, 5) is 23.1. The fourth-order valence-corrected chi connectivity index (χ4v) is 2.30. The van der Waals surface area contributed by atoms with Gasteiger partial charge in [-0.25, -0.2) is 0 Å². The Kier molecular flexibility index (Phi) is 3.97. The smallest absolute Gasteiger partial charge is 0.306 e. The number of ether oxygens (including phenoxy) is 2. The molecule has 108 valence electrons. The summed E-state index contributed by atoms with van der Waals surface area (Å²) in [6.07, 6.45) is 0.809. The molecule has 5 nitrogen and oxygen atoms in total. The third-order valence-electron chi connectivity index (χ3n) is 3.43. The maximum Gasteiger partial charge on any atom is 0.306 e. The molecule has 0 fully saturated rings. The van der Waals surface area contributed by atoms with Crippen molar-refractivity contribution in [3.63, 3.8) is 0 Å². The molecule has 1 heterocycles. The summed E-state index contributed by atoms with van der Waals surface area (Å²) in [6, 6.07) is 3.46. The number of hydrogen-bond acceptors (Lipinski definition) is 4. The van der Waals surface area contributed by atoms with Crippen molar-refractivity contribution in [2.45, 2.75) is 32.8 Å². The topological polar surface area (TPSA) is 72.8 Å². The molecule has 2 atom stereocenters. The molecular weight excluding hydrogens is 260 g/mol. The Bertz CT molecular complexity index is 549. The minimum absolute atomic E-state index is 0.0555. The molecule has 1 aromatic carbocycles. The van der Waals surface area contributed by atoms with Gasteiger partial charge in [-0.2, -0.15) is 0 Å². The van der Waals surface area contributed by atoms with E-state index in [1.54, 1.807) is 12.1 Å². The lowest BCUT2D eigenvalue weighted by molar-refractivity contribution is -0.141. The molecule has 2 rings (SSSR count). The summed E-state index contributed by atoms with van der Waals surface area (Å²) in [7, 11) is 1.50. The summed E-state index contributed by atoms with van der Waals surface area (Å²) in [6.45, 7) is 3.47. The Morgan fingerprint density at radius 3 is 2.80 bits per heavy atom. The van der Waals surface area contributed by atoms with Gasteiger partial charge >= 0.3 is 5.97 Å². The van der Waals surface area contributed by atoms with Crippen LogP contribution < -0.4 is 9.47 Å². The molecule has 0 amide bonds. The standard InChI is InChI=1S/C15H18O5/c1-8(15(17)18)4-12(16)11-7-13-10(5-9(2)20-13)6-14(11)19-3/h6-9H,4-5H2,1-3H3,(H,17,18). The fraction of sp³-hybridized carbons (Fsp3) is 0.467. The number of Topliss-reactive ketones (excluding diaryl/α,β-unsaturated/α-hetero) is 1. The summed E-state index contributed by atoms with van der Waals surface area (Å²) in [5, 5.41) is 8.89. The molecular formula is C15H18O5. The molecule has 0 radical (unpaired) electrons. The zero-order valence-electron chi connectivity index (χ0n) is 11.8. The summed E-state index contributed by atoms with van der Waals surface area (Å²) < 4.78 is 10.9. The van der Waals surface area contributed by atoms with Crippen molar-refractivity contribution in [1.29, 1.82) is 0 Å². The first-order chi connectivity index (χ1) is 9.42. The quantitative estimate of drug-likeness (QED) is 0.837. The van der Waals surface area contributed by atoms with E-state index in [0.717, 1.165) is 12.0 Å². The number of carbonyl (C=O) groups excluding carboxylic acids is 1. The van der Waals surface area contributed by atoms with Gasteiger partial charge in [0, 0.05) is 18.4 Å². The van der Waals surface area contributed by atoms with Gasteiger partial charge in [-0.15, -0.1) is 0 Å².